The zero-order valence-corrected chi connectivity index (χ0v) is 32.7. The topological polar surface area (TPSA) is 25.8 Å². The molecule has 0 atom stereocenters. The zero-order valence-electron chi connectivity index (χ0n) is 27.4. The number of benzene rings is 4. The van der Waals surface area contributed by atoms with Crippen LogP contribution in [0.15, 0.2) is 109 Å². The van der Waals surface area contributed by atoms with Crippen LogP contribution in [0.1, 0.15) is 29.5 Å². The summed E-state index contributed by atoms with van der Waals surface area (Å²) < 4.78 is 4.12. The van der Waals surface area contributed by atoms with Gasteiger partial charge < -0.3 is 4.98 Å². The Kier molecular flexibility index (Phi) is 10.2. The van der Waals surface area contributed by atoms with Crippen LogP contribution in [0.3, 0.4) is 0 Å². The number of aryl methyl sites for hydroxylation is 2. The van der Waals surface area contributed by atoms with Crippen LogP contribution in [0.5, 0.6) is 0 Å². The Morgan fingerprint density at radius 1 is 0.787 bits per heavy atom. The van der Waals surface area contributed by atoms with Gasteiger partial charge in [0.2, 0.25) is 0 Å². The van der Waals surface area contributed by atoms with E-state index in [1.54, 1.807) is 0 Å². The first kappa shape index (κ1) is 33.5. The molecule has 47 heavy (non-hydrogen) atoms. The van der Waals surface area contributed by atoms with Gasteiger partial charge in [0.05, 0.1) is 0 Å². The number of hydrogen-bond donors (Lipinski definition) is 0. The van der Waals surface area contributed by atoms with Gasteiger partial charge in [0.25, 0.3) is 0 Å². The van der Waals surface area contributed by atoms with E-state index in [1.165, 1.54) is 77.2 Å². The summed E-state index contributed by atoms with van der Waals surface area (Å²) in [7, 11) is 0. The van der Waals surface area contributed by atoms with Crippen molar-refractivity contribution in [3.05, 3.63) is 138 Å². The molecule has 4 aromatic carbocycles. The van der Waals surface area contributed by atoms with Crippen molar-refractivity contribution in [1.29, 1.82) is 0 Å². The molecule has 5 heteroatoms. The smallest absolute Gasteiger partial charge is 0.0245 e. The van der Waals surface area contributed by atoms with Crippen molar-refractivity contribution >= 4 is 49.2 Å². The normalized spacial score (nSPS) is 12.6. The van der Waals surface area contributed by atoms with Gasteiger partial charge in [0.1, 0.15) is 0 Å². The van der Waals surface area contributed by atoms with Crippen LogP contribution < -0.4 is 4.40 Å². The fourth-order valence-corrected chi connectivity index (χ4v) is 11.6. The van der Waals surface area contributed by atoms with Gasteiger partial charge in [-0.3, -0.25) is 0 Å². The van der Waals surface area contributed by atoms with Crippen LogP contribution in [0.2, 0.25) is 17.3 Å². The summed E-state index contributed by atoms with van der Waals surface area (Å²) in [5.74, 6) is 7.20. The first-order valence-electron chi connectivity index (χ1n) is 16.2. The summed E-state index contributed by atoms with van der Waals surface area (Å²) in [5.41, 5.74) is 11.3. The van der Waals surface area contributed by atoms with Crippen LogP contribution in [-0.2, 0) is 32.9 Å². The fraction of sp³-hybridized carbons (Fsp3) is 0.190. The molecule has 0 unspecified atom stereocenters. The monoisotopic (exact) mass is 869 g/mol. The Hall–Kier alpha value is -3.41. The Bertz CT molecular complexity index is 2150. The molecule has 8 rings (SSSR count). The average molecular weight is 868 g/mol. The zero-order chi connectivity index (χ0) is 31.7. The minimum atomic E-state index is -1.77. The van der Waals surface area contributed by atoms with Gasteiger partial charge in [-0.15, -0.1) is 23.8 Å². The van der Waals surface area contributed by atoms with Crippen LogP contribution in [0.4, 0.5) is 0 Å². The van der Waals surface area contributed by atoms with Gasteiger partial charge in [0, 0.05) is 31.0 Å². The molecule has 2 nitrogen and oxygen atoms in total. The summed E-state index contributed by atoms with van der Waals surface area (Å²) in [5, 5.41) is 2.66. The van der Waals surface area contributed by atoms with Gasteiger partial charge in [0.15, 0.2) is 0 Å². The maximum Gasteiger partial charge on any atom is 0.0245 e. The minimum absolute atomic E-state index is 0. The second kappa shape index (κ2) is 14.4. The van der Waals surface area contributed by atoms with Crippen molar-refractivity contribution in [1.82, 2.24) is 9.97 Å². The van der Waals surface area contributed by atoms with Crippen LogP contribution >= 0.6 is 11.3 Å². The molecule has 3 aromatic heterocycles. The van der Waals surface area contributed by atoms with Gasteiger partial charge in [-0.25, -0.2) is 0 Å². The third-order valence-corrected chi connectivity index (χ3v) is 14.6. The van der Waals surface area contributed by atoms with Crippen molar-refractivity contribution in [3.8, 4) is 33.6 Å². The van der Waals surface area contributed by atoms with Crippen molar-refractivity contribution in [2.75, 3.05) is 0 Å². The number of fused-ring (bicyclic) bond motifs is 4. The number of thiophene rings is 1. The van der Waals surface area contributed by atoms with E-state index in [0.29, 0.717) is 0 Å². The Balaban J connectivity index is 0.000000185. The summed E-state index contributed by atoms with van der Waals surface area (Å²) in [6.07, 6.45) is 8.90. The van der Waals surface area contributed by atoms with E-state index in [4.69, 9.17) is 4.98 Å². The Labute approximate surface area is 299 Å². The summed E-state index contributed by atoms with van der Waals surface area (Å²) >= 11 is 0.0988. The number of pyridine rings is 2. The van der Waals surface area contributed by atoms with E-state index in [-0.39, 0.29) is 20.1 Å². The predicted molar refractivity (Wildman–Crippen MR) is 200 cm³/mol. The van der Waals surface area contributed by atoms with Gasteiger partial charge in [-0.1, -0.05) is 59.0 Å². The minimum Gasteiger partial charge on any atom is -0.304 e. The number of hydrogen-bond acceptors (Lipinski definition) is 3. The maximum atomic E-state index is 4.84. The number of nitrogens with zero attached hydrogens (tertiary/aromatic N) is 2. The molecule has 0 N–H and O–H groups in total. The molecular formula is C42H38GeIrN2S-2. The molecule has 0 spiro atoms. The number of rotatable bonds is 4. The van der Waals surface area contributed by atoms with E-state index < -0.39 is 13.3 Å². The van der Waals surface area contributed by atoms with Gasteiger partial charge in [-0.05, 0) is 64.7 Å². The molecule has 0 fully saturated rings. The third-order valence-electron chi connectivity index (χ3n) is 8.96. The molecule has 0 aliphatic heterocycles. The summed E-state index contributed by atoms with van der Waals surface area (Å²) in [6.45, 7) is 2.19. The van der Waals surface area contributed by atoms with Crippen LogP contribution in [0.25, 0.3) is 53.8 Å². The second-order valence-electron chi connectivity index (χ2n) is 13.2. The molecule has 1 aliphatic carbocycles. The first-order valence-corrected chi connectivity index (χ1v) is 24.4. The first-order chi connectivity index (χ1) is 22.4. The second-order valence-corrected chi connectivity index (χ2v) is 24.8. The van der Waals surface area contributed by atoms with Crippen molar-refractivity contribution < 1.29 is 20.1 Å². The molecule has 0 saturated carbocycles. The molecule has 0 amide bonds. The van der Waals surface area contributed by atoms with Crippen LogP contribution in [0, 0.1) is 19.1 Å². The van der Waals surface area contributed by atoms with Crippen molar-refractivity contribution in [3.63, 3.8) is 0 Å². The van der Waals surface area contributed by atoms with Crippen molar-refractivity contribution in [2.24, 2.45) is 0 Å². The SMILES string of the molecule is Cc1cc(-c2[c-]cccc2)nc[c]1[Ge]([CH3])([CH3])[CH3].[Ir].[c-]1ccc2c(sc3cccc(-c4ccccc4)c32)c1-c1nccc2c1CCCC2. The van der Waals surface area contributed by atoms with E-state index >= 15 is 0 Å². The molecule has 237 valence electrons. The summed E-state index contributed by atoms with van der Waals surface area (Å²) in [4.78, 5) is 9.43. The molecule has 7 aromatic rings. The van der Waals surface area contributed by atoms with Gasteiger partial charge >= 0.3 is 106 Å². The Morgan fingerprint density at radius 3 is 2.36 bits per heavy atom. The fourth-order valence-electron chi connectivity index (χ4n) is 6.74. The van der Waals surface area contributed by atoms with E-state index in [9.17, 15) is 0 Å². The molecular weight excluding hydrogens is 829 g/mol. The Morgan fingerprint density at radius 2 is 1.60 bits per heavy atom. The standard InChI is InChI=1S/C27H20NS.C15H18GeN.Ir/c1-2-8-18(9-3-1)20-12-7-15-24-25(20)22-13-6-14-23(27(22)29-24)26-21-11-5-4-10-19(21)16-17-28-26;1-12-10-15(13-8-6-5-7-9-13)17-11-14(12)16(2,3)4;/h1-3,6-9,12-13,15-17H,4-5,10-11H2;5-8,10-11H,1-4H3;/q2*-1;. The molecule has 3 heterocycles. The number of aromatic nitrogens is 2. The van der Waals surface area contributed by atoms with E-state index in [2.05, 4.69) is 126 Å². The third kappa shape index (κ3) is 6.94. The van der Waals surface area contributed by atoms with Crippen LogP contribution in [-0.4, -0.2) is 23.2 Å². The molecule has 1 radical (unpaired) electrons. The quantitative estimate of drug-likeness (QED) is 0.130. The molecule has 0 bridgehead atoms. The average Bonchev–Trinajstić information content (AvgIpc) is 3.48. The predicted octanol–water partition coefficient (Wildman–Crippen LogP) is 10.9. The van der Waals surface area contributed by atoms with E-state index in [1.807, 2.05) is 35.7 Å². The van der Waals surface area contributed by atoms with Gasteiger partial charge in [-0.2, -0.15) is 11.3 Å². The molecule has 0 saturated heterocycles. The maximum absolute atomic E-state index is 4.84. The van der Waals surface area contributed by atoms with Crippen molar-refractivity contribution in [2.45, 2.75) is 49.9 Å². The largest absolute Gasteiger partial charge is 0.304 e. The van der Waals surface area contributed by atoms with E-state index in [0.717, 1.165) is 23.4 Å². The molecule has 1 aliphatic rings. The summed E-state index contributed by atoms with van der Waals surface area (Å²) in [6, 6.07) is 40.8.